The van der Waals surface area contributed by atoms with Gasteiger partial charge < -0.3 is 10.1 Å². The minimum atomic E-state index is -0.559. The van der Waals surface area contributed by atoms with Gasteiger partial charge in [0.1, 0.15) is 29.8 Å². The topological polar surface area (TPSA) is 45.0 Å². The van der Waals surface area contributed by atoms with Crippen LogP contribution in [0.4, 0.5) is 4.39 Å². The van der Waals surface area contributed by atoms with Crippen molar-refractivity contribution in [1.82, 2.24) is 5.32 Å². The third-order valence-corrected chi connectivity index (χ3v) is 2.74. The van der Waals surface area contributed by atoms with E-state index in [-0.39, 0.29) is 17.9 Å². The van der Waals surface area contributed by atoms with Crippen LogP contribution in [0.25, 0.3) is 0 Å². The average molecular weight is 246 g/mol. The Labute approximate surface area is 106 Å². The monoisotopic (exact) mass is 246 g/mol. The van der Waals surface area contributed by atoms with Crippen molar-refractivity contribution in [2.75, 3.05) is 13.2 Å². The second-order valence-corrected chi connectivity index (χ2v) is 4.42. The van der Waals surface area contributed by atoms with Crippen molar-refractivity contribution in [3.05, 3.63) is 41.7 Å². The molecule has 1 aromatic rings. The van der Waals surface area contributed by atoms with Gasteiger partial charge in [-0.3, -0.25) is 0 Å². The van der Waals surface area contributed by atoms with Crippen molar-refractivity contribution in [1.29, 1.82) is 5.26 Å². The fourth-order valence-electron chi connectivity index (χ4n) is 1.54. The van der Waals surface area contributed by atoms with Crippen LogP contribution in [0.1, 0.15) is 18.4 Å². The smallest absolute Gasteiger partial charge is 0.144 e. The Balaban J connectivity index is 1.87. The molecule has 0 aliphatic heterocycles. The number of nitrogens with zero attached hydrogens (tertiary/aromatic N) is 1. The molecule has 1 N–H and O–H groups in total. The number of hydrogen-bond acceptors (Lipinski definition) is 3. The zero-order valence-corrected chi connectivity index (χ0v) is 10.1. The van der Waals surface area contributed by atoms with Crippen LogP contribution in [0.2, 0.25) is 0 Å². The summed E-state index contributed by atoms with van der Waals surface area (Å²) >= 11 is 0. The maximum Gasteiger partial charge on any atom is 0.144 e. The van der Waals surface area contributed by atoms with Gasteiger partial charge in [0.25, 0.3) is 0 Å². The molecule has 94 valence electrons. The van der Waals surface area contributed by atoms with Gasteiger partial charge in [-0.2, -0.15) is 5.26 Å². The first kappa shape index (κ1) is 12.6. The molecule has 0 spiro atoms. The number of hydrogen-bond donors (Lipinski definition) is 1. The number of benzene rings is 1. The molecule has 1 aliphatic carbocycles. The molecule has 0 amide bonds. The van der Waals surface area contributed by atoms with Crippen molar-refractivity contribution >= 4 is 0 Å². The van der Waals surface area contributed by atoms with Crippen LogP contribution in [-0.4, -0.2) is 19.2 Å². The highest BCUT2D eigenvalue weighted by atomic mass is 19.1. The lowest BCUT2D eigenvalue weighted by atomic mass is 10.2. The molecule has 1 aliphatic rings. The third-order valence-electron chi connectivity index (χ3n) is 2.74. The van der Waals surface area contributed by atoms with Crippen LogP contribution in [0, 0.1) is 17.1 Å². The maximum absolute atomic E-state index is 13.3. The quantitative estimate of drug-likeness (QED) is 0.784. The van der Waals surface area contributed by atoms with Crippen LogP contribution >= 0.6 is 0 Å². The van der Waals surface area contributed by atoms with Gasteiger partial charge in [-0.15, -0.1) is 0 Å². The molecule has 18 heavy (non-hydrogen) atoms. The summed E-state index contributed by atoms with van der Waals surface area (Å²) in [5.74, 6) is -0.290. The minimum Gasteiger partial charge on any atom is -0.488 e. The first-order chi connectivity index (χ1) is 8.70. The van der Waals surface area contributed by atoms with Gasteiger partial charge in [-0.1, -0.05) is 12.6 Å². The number of halogens is 1. The van der Waals surface area contributed by atoms with Crippen molar-refractivity contribution < 1.29 is 9.13 Å². The molecule has 0 unspecified atom stereocenters. The molecule has 3 nitrogen and oxygen atoms in total. The van der Waals surface area contributed by atoms with Crippen LogP contribution < -0.4 is 10.1 Å². The minimum absolute atomic E-state index is 0.0551. The van der Waals surface area contributed by atoms with E-state index in [9.17, 15) is 4.39 Å². The molecule has 0 atom stereocenters. The van der Waals surface area contributed by atoms with Crippen molar-refractivity contribution in [2.24, 2.45) is 0 Å². The zero-order valence-electron chi connectivity index (χ0n) is 10.1. The Hall–Kier alpha value is -1.86. The van der Waals surface area contributed by atoms with E-state index in [4.69, 9.17) is 10.00 Å². The Kier molecular flexibility index (Phi) is 3.96. The molecule has 4 heteroatoms. The van der Waals surface area contributed by atoms with E-state index in [0.29, 0.717) is 12.6 Å². The molecule has 1 saturated carbocycles. The molecule has 2 rings (SSSR count). The maximum atomic E-state index is 13.3. The standard InChI is InChI=1S/C14H15FN2O/c1-10(8-17-11-5-6-11)9-18-14-4-2-3-13(15)12(14)7-16/h2-4,11,17H,1,5-6,8-9H2. The van der Waals surface area contributed by atoms with Crippen LogP contribution in [0.5, 0.6) is 5.75 Å². The molecule has 0 bridgehead atoms. The Morgan fingerprint density at radius 1 is 1.56 bits per heavy atom. The Morgan fingerprint density at radius 2 is 2.33 bits per heavy atom. The van der Waals surface area contributed by atoms with Crippen molar-refractivity contribution in [3.8, 4) is 11.8 Å². The number of nitriles is 1. The van der Waals surface area contributed by atoms with Gasteiger partial charge in [-0.25, -0.2) is 4.39 Å². The normalized spacial score (nSPS) is 14.0. The summed E-state index contributed by atoms with van der Waals surface area (Å²) in [6, 6.07) is 6.77. The summed E-state index contributed by atoms with van der Waals surface area (Å²) in [4.78, 5) is 0. The second-order valence-electron chi connectivity index (χ2n) is 4.42. The highest BCUT2D eigenvalue weighted by molar-refractivity contribution is 5.43. The SMILES string of the molecule is C=C(CNC1CC1)COc1cccc(F)c1C#N. The molecule has 1 aromatic carbocycles. The van der Waals surface area contributed by atoms with Gasteiger partial charge in [0.15, 0.2) is 0 Å². The van der Waals surface area contributed by atoms with Gasteiger partial charge in [-0.05, 0) is 30.5 Å². The van der Waals surface area contributed by atoms with E-state index in [1.807, 2.05) is 0 Å². The lowest BCUT2D eigenvalue weighted by Crippen LogP contribution is -2.21. The summed E-state index contributed by atoms with van der Waals surface area (Å²) in [7, 11) is 0. The van der Waals surface area contributed by atoms with E-state index in [1.165, 1.54) is 25.0 Å². The Morgan fingerprint density at radius 3 is 3.00 bits per heavy atom. The summed E-state index contributed by atoms with van der Waals surface area (Å²) < 4.78 is 18.7. The van der Waals surface area contributed by atoms with Crippen LogP contribution in [-0.2, 0) is 0 Å². The fourth-order valence-corrected chi connectivity index (χ4v) is 1.54. The fraction of sp³-hybridized carbons (Fsp3) is 0.357. The molecule has 1 fully saturated rings. The summed E-state index contributed by atoms with van der Waals surface area (Å²) in [5, 5.41) is 12.2. The predicted octanol–water partition coefficient (Wildman–Crippen LogP) is 2.38. The zero-order chi connectivity index (χ0) is 13.0. The molecule has 0 heterocycles. The molecule has 0 saturated heterocycles. The highest BCUT2D eigenvalue weighted by Gasteiger charge is 2.20. The van der Waals surface area contributed by atoms with E-state index in [1.54, 1.807) is 12.1 Å². The third kappa shape index (κ3) is 3.31. The van der Waals surface area contributed by atoms with Crippen molar-refractivity contribution in [2.45, 2.75) is 18.9 Å². The van der Waals surface area contributed by atoms with Gasteiger partial charge in [0.05, 0.1) is 0 Å². The van der Waals surface area contributed by atoms with E-state index in [0.717, 1.165) is 5.57 Å². The lowest BCUT2D eigenvalue weighted by Gasteiger charge is -2.10. The number of nitrogens with one attached hydrogen (secondary N) is 1. The number of rotatable bonds is 6. The molecular weight excluding hydrogens is 231 g/mol. The largest absolute Gasteiger partial charge is 0.488 e. The van der Waals surface area contributed by atoms with E-state index >= 15 is 0 Å². The van der Waals surface area contributed by atoms with E-state index < -0.39 is 5.82 Å². The summed E-state index contributed by atoms with van der Waals surface area (Å²) in [6.07, 6.45) is 2.44. The molecule has 0 aromatic heterocycles. The predicted molar refractivity (Wildman–Crippen MR) is 66.8 cm³/mol. The molecule has 0 radical (unpaired) electrons. The van der Waals surface area contributed by atoms with Crippen LogP contribution in [0.15, 0.2) is 30.4 Å². The lowest BCUT2D eigenvalue weighted by molar-refractivity contribution is 0.345. The van der Waals surface area contributed by atoms with Crippen LogP contribution in [0.3, 0.4) is 0 Å². The van der Waals surface area contributed by atoms with E-state index in [2.05, 4.69) is 11.9 Å². The van der Waals surface area contributed by atoms with Gasteiger partial charge in [0.2, 0.25) is 0 Å². The number of ether oxygens (including phenoxy) is 1. The second kappa shape index (κ2) is 5.65. The van der Waals surface area contributed by atoms with Gasteiger partial charge in [0, 0.05) is 12.6 Å². The molecular formula is C14H15FN2O. The first-order valence-electron chi connectivity index (χ1n) is 5.92. The Bertz CT molecular complexity index is 489. The summed E-state index contributed by atoms with van der Waals surface area (Å²) in [6.45, 7) is 4.87. The van der Waals surface area contributed by atoms with Crippen molar-refractivity contribution in [3.63, 3.8) is 0 Å². The van der Waals surface area contributed by atoms with Gasteiger partial charge >= 0.3 is 0 Å². The highest BCUT2D eigenvalue weighted by Crippen LogP contribution is 2.21. The first-order valence-corrected chi connectivity index (χ1v) is 5.92. The average Bonchev–Trinajstić information content (AvgIpc) is 3.18. The summed E-state index contributed by atoms with van der Waals surface area (Å²) in [5.41, 5.74) is 0.829.